The number of imidazole rings is 1. The number of aromatic nitrogens is 3. The number of amides is 1. The van der Waals surface area contributed by atoms with Gasteiger partial charge in [0.2, 0.25) is 0 Å². The van der Waals surface area contributed by atoms with Gasteiger partial charge in [-0.1, -0.05) is 0 Å². The Morgan fingerprint density at radius 1 is 1.33 bits per heavy atom. The van der Waals surface area contributed by atoms with Crippen LogP contribution in [0.5, 0.6) is 0 Å². The van der Waals surface area contributed by atoms with E-state index in [9.17, 15) is 4.79 Å². The summed E-state index contributed by atoms with van der Waals surface area (Å²) in [4.78, 5) is 20.3. The monoisotopic (exact) mass is 326 g/mol. The molecule has 0 aliphatic rings. The molecule has 24 heavy (non-hydrogen) atoms. The van der Waals surface area contributed by atoms with Crippen LogP contribution in [0.3, 0.4) is 0 Å². The van der Waals surface area contributed by atoms with Gasteiger partial charge in [-0.15, -0.1) is 0 Å². The molecular formula is C17H18N4O3. The van der Waals surface area contributed by atoms with Crippen LogP contribution >= 0.6 is 0 Å². The molecule has 7 heteroatoms. The number of carbonyl (C=O) groups excluding carboxylic acids is 1. The van der Waals surface area contributed by atoms with Gasteiger partial charge in [0, 0.05) is 31.7 Å². The van der Waals surface area contributed by atoms with E-state index >= 15 is 0 Å². The molecule has 3 rings (SSSR count). The summed E-state index contributed by atoms with van der Waals surface area (Å²) in [6, 6.07) is 7.21. The number of nitrogens with zero attached hydrogens (tertiary/aromatic N) is 3. The van der Waals surface area contributed by atoms with Crippen LogP contribution in [0.15, 0.2) is 59.9 Å². The van der Waals surface area contributed by atoms with Crippen molar-refractivity contribution in [1.29, 1.82) is 0 Å². The summed E-state index contributed by atoms with van der Waals surface area (Å²) in [5, 5.41) is 2.85. The lowest BCUT2D eigenvalue weighted by atomic mass is 10.2. The Bertz CT molecular complexity index is 737. The highest BCUT2D eigenvalue weighted by molar-refractivity contribution is 5.93. The summed E-state index contributed by atoms with van der Waals surface area (Å²) in [5.41, 5.74) is 0.523. The summed E-state index contributed by atoms with van der Waals surface area (Å²) < 4.78 is 12.4. The normalized spacial score (nSPS) is 10.7. The van der Waals surface area contributed by atoms with Gasteiger partial charge in [-0.25, -0.2) is 9.97 Å². The molecule has 7 nitrogen and oxygen atoms in total. The molecule has 0 aliphatic carbocycles. The van der Waals surface area contributed by atoms with Gasteiger partial charge in [-0.05, 0) is 30.7 Å². The van der Waals surface area contributed by atoms with Crippen molar-refractivity contribution >= 4 is 5.91 Å². The van der Waals surface area contributed by atoms with Crippen LogP contribution in [0.4, 0.5) is 0 Å². The molecule has 3 aromatic heterocycles. The fourth-order valence-electron chi connectivity index (χ4n) is 2.11. The second kappa shape index (κ2) is 8.07. The Morgan fingerprint density at radius 2 is 2.29 bits per heavy atom. The molecular weight excluding hydrogens is 308 g/mol. The molecule has 0 radical (unpaired) electrons. The van der Waals surface area contributed by atoms with Crippen molar-refractivity contribution in [3.05, 3.63) is 66.8 Å². The topological polar surface area (TPSA) is 82.2 Å². The second-order valence-corrected chi connectivity index (χ2v) is 5.12. The highest BCUT2D eigenvalue weighted by Gasteiger charge is 2.06. The maximum Gasteiger partial charge on any atom is 0.252 e. The number of carbonyl (C=O) groups is 1. The molecule has 0 aliphatic heterocycles. The Morgan fingerprint density at radius 3 is 3.00 bits per heavy atom. The predicted octanol–water partition coefficient (Wildman–Crippen LogP) is 2.20. The quantitative estimate of drug-likeness (QED) is 0.642. The number of furan rings is 1. The van der Waals surface area contributed by atoms with Crippen molar-refractivity contribution in [3.8, 4) is 5.82 Å². The predicted molar refractivity (Wildman–Crippen MR) is 86.7 cm³/mol. The fourth-order valence-corrected chi connectivity index (χ4v) is 2.11. The Hall–Kier alpha value is -2.93. The van der Waals surface area contributed by atoms with E-state index in [4.69, 9.17) is 9.15 Å². The summed E-state index contributed by atoms with van der Waals surface area (Å²) in [5.74, 6) is 1.36. The first-order valence-corrected chi connectivity index (χ1v) is 7.65. The van der Waals surface area contributed by atoms with Crippen LogP contribution in [0.2, 0.25) is 0 Å². The number of rotatable bonds is 8. The standard InChI is InChI=1S/C17H18N4O3/c22-17(19-6-2-9-23-12-15-3-1-10-24-15)14-4-5-16(20-11-14)21-8-7-18-13-21/h1,3-5,7-8,10-11,13H,2,6,9,12H2,(H,19,22). The number of pyridine rings is 1. The summed E-state index contributed by atoms with van der Waals surface area (Å²) >= 11 is 0. The van der Waals surface area contributed by atoms with Crippen LogP contribution in [0.25, 0.3) is 5.82 Å². The zero-order valence-electron chi connectivity index (χ0n) is 13.1. The first-order chi connectivity index (χ1) is 11.8. The molecule has 3 aromatic rings. The van der Waals surface area contributed by atoms with Gasteiger partial charge in [0.05, 0.1) is 11.8 Å². The summed E-state index contributed by atoms with van der Waals surface area (Å²) in [6.07, 6.45) is 9.03. The van der Waals surface area contributed by atoms with E-state index in [0.29, 0.717) is 25.3 Å². The molecule has 1 amide bonds. The van der Waals surface area contributed by atoms with Crippen LogP contribution in [-0.4, -0.2) is 33.6 Å². The van der Waals surface area contributed by atoms with E-state index in [1.807, 2.05) is 12.1 Å². The maximum absolute atomic E-state index is 12.0. The van der Waals surface area contributed by atoms with Gasteiger partial charge >= 0.3 is 0 Å². The third-order valence-corrected chi connectivity index (χ3v) is 3.35. The van der Waals surface area contributed by atoms with Crippen molar-refractivity contribution < 1.29 is 13.9 Å². The molecule has 3 heterocycles. The highest BCUT2D eigenvalue weighted by atomic mass is 16.5. The van der Waals surface area contributed by atoms with E-state index in [0.717, 1.165) is 18.0 Å². The maximum atomic E-state index is 12.0. The van der Waals surface area contributed by atoms with Crippen LogP contribution in [-0.2, 0) is 11.3 Å². The van der Waals surface area contributed by atoms with Crippen molar-refractivity contribution in [2.24, 2.45) is 0 Å². The van der Waals surface area contributed by atoms with E-state index in [-0.39, 0.29) is 5.91 Å². The summed E-state index contributed by atoms with van der Waals surface area (Å²) in [7, 11) is 0. The van der Waals surface area contributed by atoms with Crippen LogP contribution < -0.4 is 5.32 Å². The molecule has 1 N–H and O–H groups in total. The highest BCUT2D eigenvalue weighted by Crippen LogP contribution is 2.05. The molecule has 124 valence electrons. The summed E-state index contributed by atoms with van der Waals surface area (Å²) in [6.45, 7) is 1.54. The Kier molecular flexibility index (Phi) is 5.36. The van der Waals surface area contributed by atoms with Crippen LogP contribution in [0, 0.1) is 0 Å². The minimum absolute atomic E-state index is 0.147. The van der Waals surface area contributed by atoms with Crippen molar-refractivity contribution in [2.75, 3.05) is 13.2 Å². The minimum Gasteiger partial charge on any atom is -0.467 e. The SMILES string of the molecule is O=C(NCCCOCc1ccco1)c1ccc(-n2ccnc2)nc1. The minimum atomic E-state index is -0.147. The molecule has 0 spiro atoms. The third kappa shape index (κ3) is 4.30. The van der Waals surface area contributed by atoms with Gasteiger partial charge in [-0.3, -0.25) is 9.36 Å². The molecule has 0 aromatic carbocycles. The van der Waals surface area contributed by atoms with Crippen LogP contribution in [0.1, 0.15) is 22.5 Å². The largest absolute Gasteiger partial charge is 0.467 e. The van der Waals surface area contributed by atoms with Crippen molar-refractivity contribution in [2.45, 2.75) is 13.0 Å². The number of nitrogens with one attached hydrogen (secondary N) is 1. The van der Waals surface area contributed by atoms with Gasteiger partial charge in [-0.2, -0.15) is 0 Å². The second-order valence-electron chi connectivity index (χ2n) is 5.12. The lowest BCUT2D eigenvalue weighted by molar-refractivity contribution is 0.0916. The van der Waals surface area contributed by atoms with Gasteiger partial charge in [0.15, 0.2) is 0 Å². The Balaban J connectivity index is 1.37. The number of hydrogen-bond acceptors (Lipinski definition) is 5. The number of hydrogen-bond donors (Lipinski definition) is 1. The lowest BCUT2D eigenvalue weighted by Crippen LogP contribution is -2.25. The molecule has 0 atom stereocenters. The van der Waals surface area contributed by atoms with E-state index < -0.39 is 0 Å². The smallest absolute Gasteiger partial charge is 0.252 e. The van der Waals surface area contributed by atoms with Crippen molar-refractivity contribution in [3.63, 3.8) is 0 Å². The first-order valence-electron chi connectivity index (χ1n) is 7.65. The molecule has 0 bridgehead atoms. The van der Waals surface area contributed by atoms with Gasteiger partial charge in [0.1, 0.15) is 24.5 Å². The fraction of sp³-hybridized carbons (Fsp3) is 0.235. The van der Waals surface area contributed by atoms with E-state index in [2.05, 4.69) is 15.3 Å². The van der Waals surface area contributed by atoms with E-state index in [1.165, 1.54) is 0 Å². The number of ether oxygens (including phenoxy) is 1. The molecule has 0 saturated carbocycles. The van der Waals surface area contributed by atoms with Crippen molar-refractivity contribution in [1.82, 2.24) is 19.9 Å². The van der Waals surface area contributed by atoms with E-state index in [1.54, 1.807) is 47.9 Å². The Labute approximate surface area is 139 Å². The average molecular weight is 326 g/mol. The zero-order chi connectivity index (χ0) is 16.6. The van der Waals surface area contributed by atoms with Gasteiger partial charge in [0.25, 0.3) is 5.91 Å². The zero-order valence-corrected chi connectivity index (χ0v) is 13.1. The first kappa shape index (κ1) is 15.9. The lowest BCUT2D eigenvalue weighted by Gasteiger charge is -2.06. The molecule has 0 saturated heterocycles. The van der Waals surface area contributed by atoms with Gasteiger partial charge < -0.3 is 14.5 Å². The average Bonchev–Trinajstić information content (AvgIpc) is 3.31. The molecule has 0 fully saturated rings. The molecule has 0 unspecified atom stereocenters. The third-order valence-electron chi connectivity index (χ3n) is 3.35.